The van der Waals surface area contributed by atoms with Crippen LogP contribution in [0.5, 0.6) is 0 Å². The van der Waals surface area contributed by atoms with E-state index in [9.17, 15) is 0 Å². The Kier molecular flexibility index (Phi) is 4.44. The Morgan fingerprint density at radius 1 is 0.697 bits per heavy atom. The highest BCUT2D eigenvalue weighted by Gasteiger charge is 2.15. The first-order chi connectivity index (χ1) is 16.3. The largest absolute Gasteiger partial charge is 0.309 e. The van der Waals surface area contributed by atoms with Crippen LogP contribution in [0.3, 0.4) is 0 Å². The highest BCUT2D eigenvalue weighted by molar-refractivity contribution is 6.19. The Morgan fingerprint density at radius 3 is 2.30 bits per heavy atom. The molecule has 0 unspecified atom stereocenters. The molecule has 0 atom stereocenters. The molecule has 0 spiro atoms. The van der Waals surface area contributed by atoms with Crippen molar-refractivity contribution >= 4 is 55.1 Å². The molecular formula is C31H22N2. The molecule has 0 bridgehead atoms. The van der Waals surface area contributed by atoms with E-state index in [0.717, 1.165) is 22.2 Å². The second-order valence-electron chi connectivity index (χ2n) is 8.28. The van der Waals surface area contributed by atoms with E-state index < -0.39 is 0 Å². The number of para-hydroxylation sites is 1. The van der Waals surface area contributed by atoms with E-state index in [1.54, 1.807) is 6.08 Å². The van der Waals surface area contributed by atoms with Gasteiger partial charge in [-0.25, -0.2) is 0 Å². The van der Waals surface area contributed by atoms with Crippen molar-refractivity contribution in [1.29, 1.82) is 5.41 Å². The average Bonchev–Trinajstić information content (AvgIpc) is 3.21. The molecule has 33 heavy (non-hydrogen) atoms. The molecule has 6 rings (SSSR count). The lowest BCUT2D eigenvalue weighted by Gasteiger charge is -2.12. The summed E-state index contributed by atoms with van der Waals surface area (Å²) in [6.45, 7) is 3.79. The molecule has 0 radical (unpaired) electrons. The van der Waals surface area contributed by atoms with Gasteiger partial charge in [0.15, 0.2) is 0 Å². The molecule has 0 aliphatic heterocycles. The summed E-state index contributed by atoms with van der Waals surface area (Å²) >= 11 is 0. The number of nitrogens with one attached hydrogen (secondary N) is 1. The van der Waals surface area contributed by atoms with Crippen LogP contribution < -0.4 is 0 Å². The summed E-state index contributed by atoms with van der Waals surface area (Å²) in [5.74, 6) is 0. The van der Waals surface area contributed by atoms with Crippen LogP contribution in [0.25, 0.3) is 54.6 Å². The third kappa shape index (κ3) is 3.00. The summed E-state index contributed by atoms with van der Waals surface area (Å²) < 4.78 is 2.39. The molecule has 1 heterocycles. The van der Waals surface area contributed by atoms with Gasteiger partial charge in [0.2, 0.25) is 0 Å². The van der Waals surface area contributed by atoms with E-state index in [4.69, 9.17) is 5.41 Å². The van der Waals surface area contributed by atoms with Gasteiger partial charge in [-0.05, 0) is 51.6 Å². The molecule has 6 aromatic rings. The Hall–Kier alpha value is -4.43. The summed E-state index contributed by atoms with van der Waals surface area (Å²) in [6.07, 6.45) is 4.98. The van der Waals surface area contributed by atoms with Crippen LogP contribution in [0.15, 0.2) is 116 Å². The SMILES string of the molecule is C=C/C=C(\C=N)c1ccc2c(ccc3c4ccccc4n(-c4ccc5ccccc5c4)c23)c1. The van der Waals surface area contributed by atoms with E-state index in [1.807, 2.05) is 6.08 Å². The lowest BCUT2D eigenvalue weighted by molar-refractivity contribution is 1.19. The molecule has 0 saturated heterocycles. The molecule has 1 aromatic heterocycles. The molecule has 5 aromatic carbocycles. The van der Waals surface area contributed by atoms with Crippen LogP contribution in [0.2, 0.25) is 0 Å². The van der Waals surface area contributed by atoms with Gasteiger partial charge in [0.1, 0.15) is 0 Å². The number of rotatable bonds is 4. The number of benzene rings is 5. The van der Waals surface area contributed by atoms with Crippen molar-refractivity contribution in [3.63, 3.8) is 0 Å². The van der Waals surface area contributed by atoms with Crippen LogP contribution in [0.1, 0.15) is 5.56 Å². The monoisotopic (exact) mass is 422 g/mol. The molecular weight excluding hydrogens is 400 g/mol. The third-order valence-electron chi connectivity index (χ3n) is 6.43. The molecule has 0 aliphatic carbocycles. The second-order valence-corrected chi connectivity index (χ2v) is 8.28. The lowest BCUT2D eigenvalue weighted by Crippen LogP contribution is -1.95. The van der Waals surface area contributed by atoms with Crippen LogP contribution in [-0.2, 0) is 0 Å². The quantitative estimate of drug-likeness (QED) is 0.219. The second kappa shape index (κ2) is 7.61. The maximum atomic E-state index is 7.78. The fourth-order valence-corrected chi connectivity index (χ4v) is 4.91. The van der Waals surface area contributed by atoms with E-state index in [2.05, 4.69) is 108 Å². The van der Waals surface area contributed by atoms with Crippen molar-refractivity contribution in [3.05, 3.63) is 121 Å². The minimum absolute atomic E-state index is 0.849. The van der Waals surface area contributed by atoms with Crippen molar-refractivity contribution in [1.82, 2.24) is 4.57 Å². The smallest absolute Gasteiger partial charge is 0.0619 e. The van der Waals surface area contributed by atoms with Gasteiger partial charge in [0.05, 0.1) is 11.0 Å². The summed E-state index contributed by atoms with van der Waals surface area (Å²) in [5.41, 5.74) is 5.43. The van der Waals surface area contributed by atoms with Gasteiger partial charge in [0.25, 0.3) is 0 Å². The van der Waals surface area contributed by atoms with Gasteiger partial charge in [-0.1, -0.05) is 91.5 Å². The van der Waals surface area contributed by atoms with E-state index in [-0.39, 0.29) is 0 Å². The summed E-state index contributed by atoms with van der Waals surface area (Å²) in [5, 5.41) is 15.1. The van der Waals surface area contributed by atoms with Crippen LogP contribution >= 0.6 is 0 Å². The number of fused-ring (bicyclic) bond motifs is 6. The van der Waals surface area contributed by atoms with Gasteiger partial charge in [0, 0.05) is 28.1 Å². The van der Waals surface area contributed by atoms with Crippen molar-refractivity contribution < 1.29 is 0 Å². The first kappa shape index (κ1) is 19.3. The number of hydrogen-bond acceptors (Lipinski definition) is 1. The number of hydrogen-bond donors (Lipinski definition) is 1. The Balaban J connectivity index is 1.72. The molecule has 0 aliphatic rings. The maximum absolute atomic E-state index is 7.78. The molecule has 0 saturated carbocycles. The molecule has 2 nitrogen and oxygen atoms in total. The zero-order chi connectivity index (χ0) is 22.4. The van der Waals surface area contributed by atoms with Gasteiger partial charge in [-0.2, -0.15) is 0 Å². The predicted octanol–water partition coefficient (Wildman–Crippen LogP) is 8.31. The molecule has 2 heteroatoms. The van der Waals surface area contributed by atoms with Gasteiger partial charge >= 0.3 is 0 Å². The summed E-state index contributed by atoms with van der Waals surface area (Å²) in [7, 11) is 0. The maximum Gasteiger partial charge on any atom is 0.0619 e. The molecule has 0 fully saturated rings. The fourth-order valence-electron chi connectivity index (χ4n) is 4.91. The number of allylic oxidation sites excluding steroid dienone is 3. The van der Waals surface area contributed by atoms with E-state index in [1.165, 1.54) is 44.2 Å². The third-order valence-corrected chi connectivity index (χ3v) is 6.43. The minimum atomic E-state index is 0.849. The number of nitrogens with zero attached hydrogens (tertiary/aromatic N) is 1. The van der Waals surface area contributed by atoms with Crippen molar-refractivity contribution in [2.24, 2.45) is 0 Å². The summed E-state index contributed by atoms with van der Waals surface area (Å²) in [4.78, 5) is 0. The lowest BCUT2D eigenvalue weighted by atomic mass is 9.99. The first-order valence-corrected chi connectivity index (χ1v) is 11.1. The van der Waals surface area contributed by atoms with Crippen molar-refractivity contribution in [2.75, 3.05) is 0 Å². The highest BCUT2D eigenvalue weighted by Crippen LogP contribution is 2.37. The average molecular weight is 423 g/mol. The number of aromatic nitrogens is 1. The molecule has 0 amide bonds. The normalized spacial score (nSPS) is 12.1. The highest BCUT2D eigenvalue weighted by atomic mass is 15.0. The zero-order valence-corrected chi connectivity index (χ0v) is 18.1. The zero-order valence-electron chi connectivity index (χ0n) is 18.1. The minimum Gasteiger partial charge on any atom is -0.309 e. The Labute approximate surface area is 192 Å². The Morgan fingerprint density at radius 2 is 1.45 bits per heavy atom. The van der Waals surface area contributed by atoms with Gasteiger partial charge in [-0.15, -0.1) is 0 Å². The standard InChI is InChI=1S/C31H22N2/c1-2-7-25(20-32)23-13-16-27-24(18-23)14-17-29-28-10-5-6-11-30(28)33(31(27)29)26-15-12-21-8-3-4-9-22(21)19-26/h2-20,32H,1H2/b25-7+,32-20?. The van der Waals surface area contributed by atoms with Crippen LogP contribution in [0, 0.1) is 5.41 Å². The molecule has 1 N–H and O–H groups in total. The van der Waals surface area contributed by atoms with Crippen LogP contribution in [-0.4, -0.2) is 10.8 Å². The predicted molar refractivity (Wildman–Crippen MR) is 143 cm³/mol. The molecule has 156 valence electrons. The summed E-state index contributed by atoms with van der Waals surface area (Å²) in [6, 6.07) is 34.7. The topological polar surface area (TPSA) is 28.8 Å². The Bertz CT molecular complexity index is 1750. The van der Waals surface area contributed by atoms with Crippen molar-refractivity contribution in [3.8, 4) is 5.69 Å². The van der Waals surface area contributed by atoms with E-state index in [0.29, 0.717) is 0 Å². The first-order valence-electron chi connectivity index (χ1n) is 11.1. The van der Waals surface area contributed by atoms with Gasteiger partial charge in [-0.3, -0.25) is 0 Å². The van der Waals surface area contributed by atoms with E-state index >= 15 is 0 Å². The van der Waals surface area contributed by atoms with Crippen LogP contribution in [0.4, 0.5) is 0 Å². The van der Waals surface area contributed by atoms with Gasteiger partial charge < -0.3 is 9.98 Å². The van der Waals surface area contributed by atoms with Crippen molar-refractivity contribution in [2.45, 2.75) is 0 Å². The fraction of sp³-hybridized carbons (Fsp3) is 0.